The second-order valence-electron chi connectivity index (χ2n) is 3.39. The molecule has 1 rings (SSSR count). The van der Waals surface area contributed by atoms with Crippen LogP contribution in [-0.2, 0) is 20.3 Å². The summed E-state index contributed by atoms with van der Waals surface area (Å²) in [6.07, 6.45) is 1.21. The summed E-state index contributed by atoms with van der Waals surface area (Å²) in [5.41, 5.74) is 0.717. The van der Waals surface area contributed by atoms with Crippen molar-refractivity contribution >= 4 is 32.4 Å². The van der Waals surface area contributed by atoms with Gasteiger partial charge in [-0.05, 0) is 40.3 Å². The summed E-state index contributed by atoms with van der Waals surface area (Å²) in [5, 5.41) is 0. The summed E-state index contributed by atoms with van der Waals surface area (Å²) in [7, 11) is -1.48. The first-order valence-corrected chi connectivity index (χ1v) is 7.64. The van der Waals surface area contributed by atoms with Crippen molar-refractivity contribution < 1.29 is 17.9 Å². The molecule has 1 aromatic carbocycles. The van der Waals surface area contributed by atoms with E-state index in [1.165, 1.54) is 13.4 Å². The maximum Gasteiger partial charge on any atom is 0.188 e. The number of benzene rings is 1. The van der Waals surface area contributed by atoms with Crippen LogP contribution < -0.4 is 4.74 Å². The third-order valence-corrected chi connectivity index (χ3v) is 3.51. The number of hydrogen-bond donors (Lipinski definition) is 0. The zero-order chi connectivity index (χ0) is 12.2. The molecule has 0 fully saturated rings. The molecule has 0 aromatic heterocycles. The maximum atomic E-state index is 11.1. The molecule has 0 amide bonds. The van der Waals surface area contributed by atoms with Gasteiger partial charge in [0, 0.05) is 13.4 Å². The standard InChI is InChI=1S/C10H13IO4S/c1-14-7-15-10-5-8(3-4-9(10)11)6-16(2,12)13/h3-5H,6-7H2,1-2H3. The third kappa shape index (κ3) is 4.67. The fraction of sp³-hybridized carbons (Fsp3) is 0.400. The van der Waals surface area contributed by atoms with Crippen molar-refractivity contribution in [1.82, 2.24) is 0 Å². The second kappa shape index (κ2) is 5.83. The SMILES string of the molecule is COCOc1cc(CS(C)(=O)=O)ccc1I. The normalized spacial score (nSPS) is 11.4. The van der Waals surface area contributed by atoms with E-state index in [1.54, 1.807) is 12.1 Å². The molecule has 0 saturated carbocycles. The van der Waals surface area contributed by atoms with E-state index in [9.17, 15) is 8.42 Å². The first-order chi connectivity index (χ1) is 7.42. The van der Waals surface area contributed by atoms with Crippen LogP contribution in [0.2, 0.25) is 0 Å². The number of halogens is 1. The summed E-state index contributed by atoms with van der Waals surface area (Å²) in [6.45, 7) is 0.151. The number of ether oxygens (including phenoxy) is 2. The quantitative estimate of drug-likeness (QED) is 0.597. The lowest BCUT2D eigenvalue weighted by atomic mass is 10.2. The molecule has 0 N–H and O–H groups in total. The van der Waals surface area contributed by atoms with Crippen LogP contribution in [0.25, 0.3) is 0 Å². The highest BCUT2D eigenvalue weighted by atomic mass is 127. The highest BCUT2D eigenvalue weighted by molar-refractivity contribution is 14.1. The Morgan fingerprint density at radius 3 is 2.62 bits per heavy atom. The van der Waals surface area contributed by atoms with Crippen molar-refractivity contribution in [2.24, 2.45) is 0 Å². The second-order valence-corrected chi connectivity index (χ2v) is 6.69. The Bertz CT molecular complexity index is 456. The number of hydrogen-bond acceptors (Lipinski definition) is 4. The minimum atomic E-state index is -3.02. The zero-order valence-electron chi connectivity index (χ0n) is 9.07. The summed E-state index contributed by atoms with van der Waals surface area (Å²) in [5.74, 6) is 0.663. The van der Waals surface area contributed by atoms with Crippen LogP contribution >= 0.6 is 22.6 Å². The minimum Gasteiger partial charge on any atom is -0.466 e. The lowest BCUT2D eigenvalue weighted by Gasteiger charge is -2.08. The van der Waals surface area contributed by atoms with Crippen molar-refractivity contribution in [3.8, 4) is 5.75 Å². The average molecular weight is 356 g/mol. The summed E-state index contributed by atoms with van der Waals surface area (Å²) in [4.78, 5) is 0. The first kappa shape index (κ1) is 13.7. The van der Waals surface area contributed by atoms with Gasteiger partial charge < -0.3 is 9.47 Å². The highest BCUT2D eigenvalue weighted by Gasteiger charge is 2.08. The monoisotopic (exact) mass is 356 g/mol. The summed E-state index contributed by atoms with van der Waals surface area (Å²) in [6, 6.07) is 5.33. The van der Waals surface area contributed by atoms with Gasteiger partial charge in [-0.15, -0.1) is 0 Å². The molecule has 0 bridgehead atoms. The van der Waals surface area contributed by atoms with Gasteiger partial charge in [0.15, 0.2) is 16.6 Å². The molecular weight excluding hydrogens is 343 g/mol. The van der Waals surface area contributed by atoms with E-state index in [0.717, 1.165) is 3.57 Å². The van der Waals surface area contributed by atoms with Crippen LogP contribution in [0.5, 0.6) is 5.75 Å². The van der Waals surface area contributed by atoms with E-state index < -0.39 is 9.84 Å². The van der Waals surface area contributed by atoms with E-state index in [0.29, 0.717) is 11.3 Å². The summed E-state index contributed by atoms with van der Waals surface area (Å²) < 4.78 is 33.3. The Morgan fingerprint density at radius 2 is 2.06 bits per heavy atom. The lowest BCUT2D eigenvalue weighted by molar-refractivity contribution is 0.0505. The molecule has 0 atom stereocenters. The minimum absolute atomic E-state index is 0.0211. The van der Waals surface area contributed by atoms with Gasteiger partial charge in [0.25, 0.3) is 0 Å². The molecular formula is C10H13IO4S. The van der Waals surface area contributed by atoms with Gasteiger partial charge in [-0.3, -0.25) is 0 Å². The van der Waals surface area contributed by atoms with Crippen molar-refractivity contribution in [3.63, 3.8) is 0 Å². The number of sulfone groups is 1. The van der Waals surface area contributed by atoms with Gasteiger partial charge in [-0.25, -0.2) is 8.42 Å². The third-order valence-electron chi connectivity index (χ3n) is 1.76. The van der Waals surface area contributed by atoms with E-state index in [-0.39, 0.29) is 12.5 Å². The fourth-order valence-corrected chi connectivity index (χ4v) is 2.45. The maximum absolute atomic E-state index is 11.1. The van der Waals surface area contributed by atoms with Crippen molar-refractivity contribution in [1.29, 1.82) is 0 Å². The number of rotatable bonds is 5. The molecule has 0 saturated heterocycles. The van der Waals surface area contributed by atoms with Crippen LogP contribution in [0.15, 0.2) is 18.2 Å². The van der Waals surface area contributed by atoms with E-state index in [1.807, 2.05) is 6.07 Å². The Labute approximate surface area is 109 Å². The Balaban J connectivity index is 2.89. The van der Waals surface area contributed by atoms with Crippen LogP contribution in [0.4, 0.5) is 0 Å². The molecule has 0 unspecified atom stereocenters. The topological polar surface area (TPSA) is 52.6 Å². The van der Waals surface area contributed by atoms with Gasteiger partial charge in [-0.1, -0.05) is 6.07 Å². The molecule has 0 spiro atoms. The van der Waals surface area contributed by atoms with E-state index in [4.69, 9.17) is 9.47 Å². The van der Waals surface area contributed by atoms with Crippen LogP contribution in [-0.4, -0.2) is 28.6 Å². The molecule has 6 heteroatoms. The lowest BCUT2D eigenvalue weighted by Crippen LogP contribution is -2.03. The van der Waals surface area contributed by atoms with E-state index >= 15 is 0 Å². The van der Waals surface area contributed by atoms with E-state index in [2.05, 4.69) is 22.6 Å². The molecule has 0 heterocycles. The molecule has 1 aromatic rings. The summed E-state index contributed by atoms with van der Waals surface area (Å²) >= 11 is 2.12. The largest absolute Gasteiger partial charge is 0.466 e. The van der Waals surface area contributed by atoms with Crippen LogP contribution in [0, 0.1) is 3.57 Å². The molecule has 16 heavy (non-hydrogen) atoms. The van der Waals surface area contributed by atoms with Crippen molar-refractivity contribution in [2.45, 2.75) is 5.75 Å². The first-order valence-electron chi connectivity index (χ1n) is 4.50. The van der Waals surface area contributed by atoms with Crippen molar-refractivity contribution in [2.75, 3.05) is 20.2 Å². The predicted molar refractivity (Wildman–Crippen MR) is 70.2 cm³/mol. The molecule has 0 aliphatic rings. The molecule has 4 nitrogen and oxygen atoms in total. The van der Waals surface area contributed by atoms with Gasteiger partial charge >= 0.3 is 0 Å². The van der Waals surface area contributed by atoms with Gasteiger partial charge in [0.1, 0.15) is 5.75 Å². The smallest absolute Gasteiger partial charge is 0.188 e. The van der Waals surface area contributed by atoms with Gasteiger partial charge in [-0.2, -0.15) is 0 Å². The molecule has 90 valence electrons. The predicted octanol–water partition coefficient (Wildman–Crippen LogP) is 1.82. The fourth-order valence-electron chi connectivity index (χ4n) is 1.17. The Morgan fingerprint density at radius 1 is 1.38 bits per heavy atom. The van der Waals surface area contributed by atoms with Gasteiger partial charge in [0.2, 0.25) is 0 Å². The van der Waals surface area contributed by atoms with Crippen molar-refractivity contribution in [3.05, 3.63) is 27.3 Å². The average Bonchev–Trinajstić information content (AvgIpc) is 2.17. The highest BCUT2D eigenvalue weighted by Crippen LogP contribution is 2.23. The van der Waals surface area contributed by atoms with Gasteiger partial charge in [0.05, 0.1) is 9.32 Å². The molecule has 0 radical (unpaired) electrons. The van der Waals surface area contributed by atoms with Crippen LogP contribution in [0.1, 0.15) is 5.56 Å². The molecule has 0 aliphatic carbocycles. The molecule has 0 aliphatic heterocycles. The van der Waals surface area contributed by atoms with Crippen LogP contribution in [0.3, 0.4) is 0 Å². The zero-order valence-corrected chi connectivity index (χ0v) is 12.0. The number of methoxy groups -OCH3 is 1. The Hall–Kier alpha value is -0.340. The Kier molecular flexibility index (Phi) is 5.00.